The molecule has 6 heteroatoms. The van der Waals surface area contributed by atoms with Crippen LogP contribution in [-0.4, -0.2) is 30.1 Å². The summed E-state index contributed by atoms with van der Waals surface area (Å²) in [4.78, 5) is 21.4. The highest BCUT2D eigenvalue weighted by molar-refractivity contribution is 5.90. The lowest BCUT2D eigenvalue weighted by Gasteiger charge is -2.10. The van der Waals surface area contributed by atoms with Crippen LogP contribution in [-0.2, 0) is 4.79 Å². The molecule has 5 N–H and O–H groups in total. The summed E-state index contributed by atoms with van der Waals surface area (Å²) < 4.78 is 0. The number of nitrogens with one attached hydrogen (secondary N) is 2. The number of amides is 1. The standard InChI is InChI=1S/C11H15N3O3/c1-7(15)13-4-5-14-10-6-8(11(16)17)2-3-9(10)12/h2-3,6,14H,4-5,12H2,1H3,(H,13,15)(H,16,17). The number of nitrogens with two attached hydrogens (primary N) is 1. The van der Waals surface area contributed by atoms with E-state index in [1.165, 1.54) is 25.1 Å². The van der Waals surface area contributed by atoms with Crippen molar-refractivity contribution in [1.29, 1.82) is 0 Å². The summed E-state index contributed by atoms with van der Waals surface area (Å²) in [6.07, 6.45) is 0. The molecule has 0 spiro atoms. The normalized spacial score (nSPS) is 9.71. The summed E-state index contributed by atoms with van der Waals surface area (Å²) in [6, 6.07) is 4.44. The van der Waals surface area contributed by atoms with Gasteiger partial charge in [-0.2, -0.15) is 0 Å². The molecule has 1 amide bonds. The number of carboxylic acids is 1. The fourth-order valence-corrected chi connectivity index (χ4v) is 1.28. The number of rotatable bonds is 5. The average molecular weight is 237 g/mol. The molecule has 0 saturated heterocycles. The Kier molecular flexibility index (Phi) is 4.33. The van der Waals surface area contributed by atoms with E-state index in [0.717, 1.165) is 0 Å². The third-order valence-electron chi connectivity index (χ3n) is 2.11. The number of hydrogen-bond donors (Lipinski definition) is 4. The first kappa shape index (κ1) is 12.8. The molecule has 1 aromatic rings. The Balaban J connectivity index is 2.60. The predicted octanol–water partition coefficient (Wildman–Crippen LogP) is 0.515. The van der Waals surface area contributed by atoms with Crippen LogP contribution >= 0.6 is 0 Å². The molecule has 0 unspecified atom stereocenters. The average Bonchev–Trinajstić information content (AvgIpc) is 2.25. The largest absolute Gasteiger partial charge is 0.478 e. The maximum atomic E-state index is 10.8. The van der Waals surface area contributed by atoms with E-state index in [9.17, 15) is 9.59 Å². The summed E-state index contributed by atoms with van der Waals surface area (Å²) in [6.45, 7) is 2.36. The van der Waals surface area contributed by atoms with Gasteiger partial charge in [0.05, 0.1) is 16.9 Å². The number of carbonyl (C=O) groups excluding carboxylic acids is 1. The van der Waals surface area contributed by atoms with Gasteiger partial charge < -0.3 is 21.5 Å². The van der Waals surface area contributed by atoms with Crippen LogP contribution in [0.1, 0.15) is 17.3 Å². The lowest BCUT2D eigenvalue weighted by Crippen LogP contribution is -2.26. The lowest BCUT2D eigenvalue weighted by atomic mass is 10.1. The third kappa shape index (κ3) is 4.02. The molecule has 0 aliphatic carbocycles. The second kappa shape index (κ2) is 5.74. The van der Waals surface area contributed by atoms with Gasteiger partial charge in [-0.25, -0.2) is 4.79 Å². The first-order chi connectivity index (χ1) is 8.00. The zero-order chi connectivity index (χ0) is 12.8. The maximum Gasteiger partial charge on any atom is 0.335 e. The molecule has 0 aromatic heterocycles. The van der Waals surface area contributed by atoms with Crippen LogP contribution in [0.15, 0.2) is 18.2 Å². The van der Waals surface area contributed by atoms with Gasteiger partial charge in [-0.1, -0.05) is 0 Å². The highest BCUT2D eigenvalue weighted by atomic mass is 16.4. The number of aromatic carboxylic acids is 1. The smallest absolute Gasteiger partial charge is 0.335 e. The molecule has 0 radical (unpaired) electrons. The van der Waals surface area contributed by atoms with E-state index < -0.39 is 5.97 Å². The molecule has 0 fully saturated rings. The van der Waals surface area contributed by atoms with Crippen molar-refractivity contribution in [1.82, 2.24) is 5.32 Å². The first-order valence-electron chi connectivity index (χ1n) is 5.12. The van der Waals surface area contributed by atoms with Crippen molar-refractivity contribution < 1.29 is 14.7 Å². The highest BCUT2D eigenvalue weighted by Gasteiger charge is 2.06. The molecule has 92 valence electrons. The molecule has 0 saturated carbocycles. The second-order valence-electron chi connectivity index (χ2n) is 3.52. The van der Waals surface area contributed by atoms with Crippen LogP contribution in [0.2, 0.25) is 0 Å². The molecule has 0 atom stereocenters. The summed E-state index contributed by atoms with van der Waals surface area (Å²) in [5.41, 5.74) is 6.88. The van der Waals surface area contributed by atoms with Crippen LogP contribution in [0.25, 0.3) is 0 Å². The van der Waals surface area contributed by atoms with Crippen molar-refractivity contribution in [2.24, 2.45) is 0 Å². The van der Waals surface area contributed by atoms with Crippen molar-refractivity contribution in [3.05, 3.63) is 23.8 Å². The van der Waals surface area contributed by atoms with Gasteiger partial charge in [-0.05, 0) is 18.2 Å². The van der Waals surface area contributed by atoms with E-state index in [2.05, 4.69) is 10.6 Å². The second-order valence-corrected chi connectivity index (χ2v) is 3.52. The van der Waals surface area contributed by atoms with Gasteiger partial charge in [0.15, 0.2) is 0 Å². The zero-order valence-corrected chi connectivity index (χ0v) is 9.49. The van der Waals surface area contributed by atoms with E-state index in [0.29, 0.717) is 24.5 Å². The van der Waals surface area contributed by atoms with Gasteiger partial charge in [0, 0.05) is 20.0 Å². The number of benzene rings is 1. The number of hydrogen-bond acceptors (Lipinski definition) is 4. The van der Waals surface area contributed by atoms with Crippen molar-refractivity contribution in [3.8, 4) is 0 Å². The Hall–Kier alpha value is -2.24. The quantitative estimate of drug-likeness (QED) is 0.441. The van der Waals surface area contributed by atoms with E-state index in [-0.39, 0.29) is 11.5 Å². The summed E-state index contributed by atoms with van der Waals surface area (Å²) in [5, 5.41) is 14.4. The summed E-state index contributed by atoms with van der Waals surface area (Å²) >= 11 is 0. The van der Waals surface area contributed by atoms with Crippen LogP contribution in [0.3, 0.4) is 0 Å². The van der Waals surface area contributed by atoms with Gasteiger partial charge in [0.2, 0.25) is 5.91 Å². The number of nitrogen functional groups attached to an aromatic ring is 1. The minimum absolute atomic E-state index is 0.112. The number of carbonyl (C=O) groups is 2. The van der Waals surface area contributed by atoms with Gasteiger partial charge in [-0.3, -0.25) is 4.79 Å². The van der Waals surface area contributed by atoms with Crippen LogP contribution in [0.5, 0.6) is 0 Å². The molecular formula is C11H15N3O3. The van der Waals surface area contributed by atoms with Crippen molar-refractivity contribution in [2.75, 3.05) is 24.1 Å². The van der Waals surface area contributed by atoms with Crippen molar-refractivity contribution in [3.63, 3.8) is 0 Å². The van der Waals surface area contributed by atoms with Crippen LogP contribution in [0.4, 0.5) is 11.4 Å². The zero-order valence-electron chi connectivity index (χ0n) is 9.49. The molecular weight excluding hydrogens is 222 g/mol. The molecule has 6 nitrogen and oxygen atoms in total. The minimum Gasteiger partial charge on any atom is -0.478 e. The number of carboxylic acid groups (broad SMARTS) is 1. The Morgan fingerprint density at radius 1 is 1.35 bits per heavy atom. The van der Waals surface area contributed by atoms with Gasteiger partial charge in [-0.15, -0.1) is 0 Å². The van der Waals surface area contributed by atoms with Crippen LogP contribution in [0, 0.1) is 0 Å². The van der Waals surface area contributed by atoms with E-state index in [1.807, 2.05) is 0 Å². The van der Waals surface area contributed by atoms with Gasteiger partial charge in [0.1, 0.15) is 0 Å². The first-order valence-corrected chi connectivity index (χ1v) is 5.12. The van der Waals surface area contributed by atoms with E-state index in [1.54, 1.807) is 0 Å². The fourth-order valence-electron chi connectivity index (χ4n) is 1.28. The Bertz CT molecular complexity index is 432. The molecule has 0 aliphatic rings. The Morgan fingerprint density at radius 3 is 2.65 bits per heavy atom. The summed E-state index contributed by atoms with van der Waals surface area (Å²) in [5.74, 6) is -1.12. The molecule has 0 heterocycles. The highest BCUT2D eigenvalue weighted by Crippen LogP contribution is 2.19. The van der Waals surface area contributed by atoms with Crippen LogP contribution < -0.4 is 16.4 Å². The lowest BCUT2D eigenvalue weighted by molar-refractivity contribution is -0.118. The van der Waals surface area contributed by atoms with Crippen molar-refractivity contribution in [2.45, 2.75) is 6.92 Å². The topological polar surface area (TPSA) is 104 Å². The Morgan fingerprint density at radius 2 is 2.06 bits per heavy atom. The SMILES string of the molecule is CC(=O)NCCNc1cc(C(=O)O)ccc1N. The summed E-state index contributed by atoms with van der Waals surface area (Å²) in [7, 11) is 0. The van der Waals surface area contributed by atoms with Gasteiger partial charge in [0.25, 0.3) is 0 Å². The van der Waals surface area contributed by atoms with Crippen molar-refractivity contribution >= 4 is 23.3 Å². The van der Waals surface area contributed by atoms with Gasteiger partial charge >= 0.3 is 5.97 Å². The minimum atomic E-state index is -1.00. The Labute approximate surface area is 98.8 Å². The molecule has 1 aromatic carbocycles. The van der Waals surface area contributed by atoms with E-state index >= 15 is 0 Å². The third-order valence-corrected chi connectivity index (χ3v) is 2.11. The molecule has 0 bridgehead atoms. The van der Waals surface area contributed by atoms with E-state index in [4.69, 9.17) is 10.8 Å². The fraction of sp³-hybridized carbons (Fsp3) is 0.273. The molecule has 17 heavy (non-hydrogen) atoms. The molecule has 1 rings (SSSR count). The maximum absolute atomic E-state index is 10.8. The molecule has 0 aliphatic heterocycles. The predicted molar refractivity (Wildman–Crippen MR) is 65.0 cm³/mol. The number of anilines is 2. The monoisotopic (exact) mass is 237 g/mol.